The first-order chi connectivity index (χ1) is 11.0. The number of anilines is 1. The lowest BCUT2D eigenvalue weighted by atomic mass is 10.1. The number of rotatable bonds is 4. The van der Waals surface area contributed by atoms with Crippen molar-refractivity contribution in [2.75, 3.05) is 12.4 Å². The molecule has 23 heavy (non-hydrogen) atoms. The molecule has 0 radical (unpaired) electrons. The van der Waals surface area contributed by atoms with Crippen LogP contribution in [0.4, 0.5) is 10.1 Å². The molecule has 0 aliphatic rings. The fourth-order valence-electron chi connectivity index (χ4n) is 1.97. The van der Waals surface area contributed by atoms with Crippen LogP contribution in [0.1, 0.15) is 11.1 Å². The summed E-state index contributed by atoms with van der Waals surface area (Å²) < 4.78 is 18.0. The van der Waals surface area contributed by atoms with E-state index in [4.69, 9.17) is 4.74 Å². The Morgan fingerprint density at radius 1 is 1.26 bits per heavy atom. The quantitative estimate of drug-likeness (QED) is 0.692. The number of nitrogens with one attached hydrogen (secondary N) is 1. The molecule has 0 heterocycles. The molecule has 0 saturated heterocycles. The molecule has 116 valence electrons. The molecule has 0 atom stereocenters. The molecule has 1 amide bonds. The van der Waals surface area contributed by atoms with E-state index < -0.39 is 11.7 Å². The van der Waals surface area contributed by atoms with Gasteiger partial charge in [0.2, 0.25) is 0 Å². The molecule has 0 spiro atoms. The van der Waals surface area contributed by atoms with Gasteiger partial charge < -0.3 is 10.1 Å². The molecule has 0 bridgehead atoms. The molecule has 2 aromatic carbocycles. The van der Waals surface area contributed by atoms with Crippen LogP contribution >= 0.6 is 0 Å². The normalized spacial score (nSPS) is 10.8. The molecule has 2 aromatic rings. The number of ether oxygens (including phenoxy) is 1. The van der Waals surface area contributed by atoms with Crippen LogP contribution in [0, 0.1) is 24.1 Å². The number of benzene rings is 2. The van der Waals surface area contributed by atoms with E-state index in [1.807, 2.05) is 19.1 Å². The van der Waals surface area contributed by atoms with Gasteiger partial charge in [-0.15, -0.1) is 0 Å². The average Bonchev–Trinajstić information content (AvgIpc) is 2.55. The second kappa shape index (κ2) is 7.23. The molecular formula is C18H15FN2O2. The zero-order valence-electron chi connectivity index (χ0n) is 12.8. The van der Waals surface area contributed by atoms with Gasteiger partial charge in [-0.1, -0.05) is 6.07 Å². The van der Waals surface area contributed by atoms with E-state index in [9.17, 15) is 14.4 Å². The van der Waals surface area contributed by atoms with E-state index in [-0.39, 0.29) is 5.57 Å². The number of amides is 1. The Morgan fingerprint density at radius 2 is 1.96 bits per heavy atom. The van der Waals surface area contributed by atoms with Crippen molar-refractivity contribution < 1.29 is 13.9 Å². The largest absolute Gasteiger partial charge is 0.497 e. The third-order valence-corrected chi connectivity index (χ3v) is 3.24. The highest BCUT2D eigenvalue weighted by atomic mass is 19.1. The average molecular weight is 310 g/mol. The fraction of sp³-hybridized carbons (Fsp3) is 0.111. The summed E-state index contributed by atoms with van der Waals surface area (Å²) in [6.07, 6.45) is 1.51. The van der Waals surface area contributed by atoms with Crippen LogP contribution in [0.3, 0.4) is 0 Å². The molecule has 1 N–H and O–H groups in total. The Balaban J connectivity index is 2.23. The van der Waals surface area contributed by atoms with Crippen LogP contribution in [0.5, 0.6) is 5.75 Å². The Hall–Kier alpha value is -3.13. The summed E-state index contributed by atoms with van der Waals surface area (Å²) in [5.74, 6) is -0.240. The van der Waals surface area contributed by atoms with Gasteiger partial charge >= 0.3 is 0 Å². The van der Waals surface area contributed by atoms with Crippen molar-refractivity contribution in [1.82, 2.24) is 0 Å². The predicted molar refractivity (Wildman–Crippen MR) is 86.4 cm³/mol. The van der Waals surface area contributed by atoms with E-state index in [0.29, 0.717) is 11.4 Å². The van der Waals surface area contributed by atoms with Gasteiger partial charge in [0.1, 0.15) is 23.2 Å². The van der Waals surface area contributed by atoms with Crippen LogP contribution in [-0.4, -0.2) is 13.0 Å². The minimum atomic E-state index is -0.547. The topological polar surface area (TPSA) is 62.1 Å². The smallest absolute Gasteiger partial charge is 0.266 e. The number of hydrogen-bond donors (Lipinski definition) is 1. The maximum Gasteiger partial charge on any atom is 0.266 e. The second-order valence-electron chi connectivity index (χ2n) is 4.85. The van der Waals surface area contributed by atoms with Gasteiger partial charge in [-0.2, -0.15) is 5.26 Å². The number of carbonyl (C=O) groups is 1. The first-order valence-corrected chi connectivity index (χ1v) is 6.87. The minimum Gasteiger partial charge on any atom is -0.497 e. The number of nitriles is 1. The number of nitrogens with zero attached hydrogens (tertiary/aromatic N) is 1. The maximum absolute atomic E-state index is 12.9. The molecule has 0 aromatic heterocycles. The number of aryl methyl sites for hydroxylation is 1. The van der Waals surface area contributed by atoms with Crippen molar-refractivity contribution in [2.24, 2.45) is 0 Å². The number of hydrogen-bond acceptors (Lipinski definition) is 3. The maximum atomic E-state index is 12.9. The first kappa shape index (κ1) is 16.2. The lowest BCUT2D eigenvalue weighted by molar-refractivity contribution is -0.112. The van der Waals surface area contributed by atoms with Gasteiger partial charge in [0.25, 0.3) is 5.91 Å². The van der Waals surface area contributed by atoms with E-state index in [1.165, 1.54) is 30.3 Å². The molecule has 0 aliphatic heterocycles. The zero-order valence-corrected chi connectivity index (χ0v) is 12.8. The zero-order chi connectivity index (χ0) is 16.8. The molecule has 0 fully saturated rings. The van der Waals surface area contributed by atoms with Crippen LogP contribution in [0.15, 0.2) is 48.0 Å². The fourth-order valence-corrected chi connectivity index (χ4v) is 1.97. The van der Waals surface area contributed by atoms with E-state index in [0.717, 1.165) is 11.1 Å². The van der Waals surface area contributed by atoms with Crippen LogP contribution in [0.25, 0.3) is 6.08 Å². The Labute approximate surface area is 133 Å². The second-order valence-corrected chi connectivity index (χ2v) is 4.85. The molecule has 0 saturated carbocycles. The molecule has 4 nitrogen and oxygen atoms in total. The van der Waals surface area contributed by atoms with Crippen molar-refractivity contribution in [3.8, 4) is 11.8 Å². The van der Waals surface area contributed by atoms with E-state index >= 15 is 0 Å². The molecule has 0 aliphatic carbocycles. The Kier molecular flexibility index (Phi) is 5.11. The van der Waals surface area contributed by atoms with Crippen LogP contribution in [0.2, 0.25) is 0 Å². The van der Waals surface area contributed by atoms with Crippen molar-refractivity contribution >= 4 is 17.7 Å². The summed E-state index contributed by atoms with van der Waals surface area (Å²) in [5.41, 5.74) is 2.01. The molecule has 2 rings (SSSR count). The summed E-state index contributed by atoms with van der Waals surface area (Å²) in [6, 6.07) is 12.6. The molecular weight excluding hydrogens is 295 g/mol. The van der Waals surface area contributed by atoms with E-state index in [2.05, 4.69) is 5.32 Å². The Morgan fingerprint density at radius 3 is 2.52 bits per heavy atom. The summed E-state index contributed by atoms with van der Waals surface area (Å²) in [5, 5.41) is 11.8. The van der Waals surface area contributed by atoms with Crippen LogP contribution < -0.4 is 10.1 Å². The van der Waals surface area contributed by atoms with Crippen molar-refractivity contribution in [3.63, 3.8) is 0 Å². The number of halogens is 1. The standard InChI is InChI=1S/C18H15FN2O2/c1-12-9-17(23-2)8-3-13(12)10-14(11-20)18(22)21-16-6-4-15(19)5-7-16/h3-10H,1-2H3,(H,21,22). The summed E-state index contributed by atoms with van der Waals surface area (Å²) in [7, 11) is 1.57. The van der Waals surface area contributed by atoms with Crippen LogP contribution in [-0.2, 0) is 4.79 Å². The summed E-state index contributed by atoms with van der Waals surface area (Å²) >= 11 is 0. The molecule has 0 unspecified atom stereocenters. The monoisotopic (exact) mass is 310 g/mol. The molecule has 5 heteroatoms. The predicted octanol–water partition coefficient (Wildman–Crippen LogP) is 3.69. The SMILES string of the molecule is COc1ccc(C=C(C#N)C(=O)Nc2ccc(F)cc2)c(C)c1. The minimum absolute atomic E-state index is 0.0393. The van der Waals surface area contributed by atoms with Crippen molar-refractivity contribution in [3.05, 3.63) is 65.0 Å². The highest BCUT2D eigenvalue weighted by molar-refractivity contribution is 6.09. The van der Waals surface area contributed by atoms with Gasteiger partial charge in [0, 0.05) is 5.69 Å². The van der Waals surface area contributed by atoms with Crippen molar-refractivity contribution in [1.29, 1.82) is 5.26 Å². The van der Waals surface area contributed by atoms with Gasteiger partial charge in [0.15, 0.2) is 0 Å². The first-order valence-electron chi connectivity index (χ1n) is 6.87. The third-order valence-electron chi connectivity index (χ3n) is 3.24. The van der Waals surface area contributed by atoms with Gasteiger partial charge in [-0.05, 0) is 60.5 Å². The lowest BCUT2D eigenvalue weighted by Crippen LogP contribution is -2.13. The van der Waals surface area contributed by atoms with Crippen molar-refractivity contribution in [2.45, 2.75) is 6.92 Å². The third kappa shape index (κ3) is 4.17. The van der Waals surface area contributed by atoms with Gasteiger partial charge in [-0.25, -0.2) is 4.39 Å². The summed E-state index contributed by atoms with van der Waals surface area (Å²) in [6.45, 7) is 1.86. The van der Waals surface area contributed by atoms with Gasteiger partial charge in [0.05, 0.1) is 7.11 Å². The number of carbonyl (C=O) groups excluding carboxylic acids is 1. The highest BCUT2D eigenvalue weighted by Gasteiger charge is 2.10. The van der Waals surface area contributed by atoms with E-state index in [1.54, 1.807) is 19.2 Å². The van der Waals surface area contributed by atoms with Gasteiger partial charge in [-0.3, -0.25) is 4.79 Å². The summed E-state index contributed by atoms with van der Waals surface area (Å²) in [4.78, 5) is 12.1. The number of methoxy groups -OCH3 is 1. The Bertz CT molecular complexity index is 790. The lowest BCUT2D eigenvalue weighted by Gasteiger charge is -2.06. The highest BCUT2D eigenvalue weighted by Crippen LogP contribution is 2.19.